The summed E-state index contributed by atoms with van der Waals surface area (Å²) in [5.74, 6) is 0.843. The van der Waals surface area contributed by atoms with Crippen LogP contribution in [0, 0.1) is 0 Å². The van der Waals surface area contributed by atoms with Gasteiger partial charge in [0.25, 0.3) is 0 Å². The van der Waals surface area contributed by atoms with Gasteiger partial charge in [0.05, 0.1) is 0 Å². The van der Waals surface area contributed by atoms with Gasteiger partial charge in [-0.05, 0) is 12.1 Å². The average molecular weight is 180 g/mol. The van der Waals surface area contributed by atoms with E-state index in [2.05, 4.69) is 10.3 Å². The number of anilines is 2. The topological polar surface area (TPSA) is 71.2 Å². The Hall–Kier alpha value is -1.78. The highest BCUT2D eigenvalue weighted by Gasteiger charge is 2.03. The predicted octanol–water partition coefficient (Wildman–Crippen LogP) is 0.757. The number of nitrogens with two attached hydrogens (primary N) is 1. The normalized spacial score (nSPS) is 9.38. The van der Waals surface area contributed by atoms with Gasteiger partial charge in [-0.15, -0.1) is 0 Å². The van der Waals surface area contributed by atoms with Gasteiger partial charge >= 0.3 is 6.03 Å². The van der Waals surface area contributed by atoms with Crippen molar-refractivity contribution in [3.05, 3.63) is 18.2 Å². The first-order chi connectivity index (χ1) is 6.09. The molecule has 0 fully saturated rings. The standard InChI is InChI=1S/C8H12N4O/c1-12(2)8(13)11-7-5-3-4-6(9)10-7/h3-5H,1-2H3,(H3,9,10,11,13). The van der Waals surface area contributed by atoms with Crippen LogP contribution in [0.3, 0.4) is 0 Å². The van der Waals surface area contributed by atoms with Crippen molar-refractivity contribution in [3.8, 4) is 0 Å². The van der Waals surface area contributed by atoms with E-state index in [-0.39, 0.29) is 6.03 Å². The van der Waals surface area contributed by atoms with Gasteiger partial charge in [0, 0.05) is 14.1 Å². The van der Waals surface area contributed by atoms with Gasteiger partial charge in [-0.3, -0.25) is 5.32 Å². The minimum atomic E-state index is -0.224. The molecular formula is C8H12N4O. The number of nitrogens with one attached hydrogen (secondary N) is 1. The van der Waals surface area contributed by atoms with E-state index < -0.39 is 0 Å². The van der Waals surface area contributed by atoms with Crippen molar-refractivity contribution in [2.45, 2.75) is 0 Å². The van der Waals surface area contributed by atoms with E-state index >= 15 is 0 Å². The molecule has 3 N–H and O–H groups in total. The fourth-order valence-electron chi connectivity index (χ4n) is 0.742. The second-order valence-electron chi connectivity index (χ2n) is 2.77. The molecule has 0 unspecified atom stereocenters. The number of pyridine rings is 1. The lowest BCUT2D eigenvalue weighted by Crippen LogP contribution is -2.27. The van der Waals surface area contributed by atoms with Crippen molar-refractivity contribution in [3.63, 3.8) is 0 Å². The molecule has 0 aromatic carbocycles. The molecule has 0 aliphatic heterocycles. The highest BCUT2D eigenvalue weighted by molar-refractivity contribution is 5.87. The molecule has 1 aromatic rings. The zero-order chi connectivity index (χ0) is 9.84. The number of hydrogen-bond donors (Lipinski definition) is 2. The van der Waals surface area contributed by atoms with Gasteiger partial charge in [0.1, 0.15) is 11.6 Å². The minimum absolute atomic E-state index is 0.224. The zero-order valence-corrected chi connectivity index (χ0v) is 7.61. The molecule has 0 aliphatic carbocycles. The Kier molecular flexibility index (Phi) is 2.69. The largest absolute Gasteiger partial charge is 0.384 e. The van der Waals surface area contributed by atoms with E-state index in [0.29, 0.717) is 11.6 Å². The smallest absolute Gasteiger partial charge is 0.322 e. The third-order valence-corrected chi connectivity index (χ3v) is 1.41. The lowest BCUT2D eigenvalue weighted by atomic mass is 10.4. The van der Waals surface area contributed by atoms with Crippen molar-refractivity contribution in [1.82, 2.24) is 9.88 Å². The average Bonchev–Trinajstić information content (AvgIpc) is 2.04. The number of rotatable bonds is 1. The van der Waals surface area contributed by atoms with Crippen LogP contribution in [-0.2, 0) is 0 Å². The summed E-state index contributed by atoms with van der Waals surface area (Å²) in [6.07, 6.45) is 0. The van der Waals surface area contributed by atoms with Gasteiger partial charge in [-0.1, -0.05) is 6.07 Å². The van der Waals surface area contributed by atoms with Crippen LogP contribution in [-0.4, -0.2) is 30.0 Å². The molecule has 1 heterocycles. The Bertz CT molecular complexity index is 311. The molecule has 0 saturated heterocycles. The van der Waals surface area contributed by atoms with Crippen LogP contribution in [0.25, 0.3) is 0 Å². The summed E-state index contributed by atoms with van der Waals surface area (Å²) in [5.41, 5.74) is 5.43. The summed E-state index contributed by atoms with van der Waals surface area (Å²) >= 11 is 0. The second kappa shape index (κ2) is 3.75. The van der Waals surface area contributed by atoms with Crippen molar-refractivity contribution in [2.75, 3.05) is 25.1 Å². The van der Waals surface area contributed by atoms with Crippen LogP contribution in [0.5, 0.6) is 0 Å². The van der Waals surface area contributed by atoms with E-state index in [9.17, 15) is 4.79 Å². The summed E-state index contributed by atoms with van der Waals surface area (Å²) in [6.45, 7) is 0. The molecule has 0 spiro atoms. The first kappa shape index (κ1) is 9.31. The summed E-state index contributed by atoms with van der Waals surface area (Å²) in [4.78, 5) is 16.5. The summed E-state index contributed by atoms with van der Waals surface area (Å²) < 4.78 is 0. The first-order valence-corrected chi connectivity index (χ1v) is 3.80. The lowest BCUT2D eigenvalue weighted by Gasteiger charge is -2.11. The molecule has 0 saturated carbocycles. The molecule has 5 nitrogen and oxygen atoms in total. The van der Waals surface area contributed by atoms with Gasteiger partial charge in [-0.2, -0.15) is 0 Å². The Balaban J connectivity index is 2.69. The maximum Gasteiger partial charge on any atom is 0.322 e. The Labute approximate surface area is 76.6 Å². The van der Waals surface area contributed by atoms with Crippen molar-refractivity contribution >= 4 is 17.7 Å². The number of urea groups is 1. The number of carbonyl (C=O) groups is 1. The molecule has 0 radical (unpaired) electrons. The van der Waals surface area contributed by atoms with E-state index in [1.807, 2.05) is 0 Å². The van der Waals surface area contributed by atoms with Crippen molar-refractivity contribution in [2.24, 2.45) is 0 Å². The van der Waals surface area contributed by atoms with Crippen molar-refractivity contribution < 1.29 is 4.79 Å². The predicted molar refractivity (Wildman–Crippen MR) is 51.4 cm³/mol. The third-order valence-electron chi connectivity index (χ3n) is 1.41. The zero-order valence-electron chi connectivity index (χ0n) is 7.61. The minimum Gasteiger partial charge on any atom is -0.384 e. The Morgan fingerprint density at radius 2 is 2.23 bits per heavy atom. The molecule has 0 atom stereocenters. The monoisotopic (exact) mass is 180 g/mol. The van der Waals surface area contributed by atoms with Crippen LogP contribution in [0.2, 0.25) is 0 Å². The van der Waals surface area contributed by atoms with Gasteiger partial charge in [-0.25, -0.2) is 9.78 Å². The van der Waals surface area contributed by atoms with E-state index in [4.69, 9.17) is 5.73 Å². The SMILES string of the molecule is CN(C)C(=O)Nc1cccc(N)n1. The van der Waals surface area contributed by atoms with Gasteiger partial charge in [0.2, 0.25) is 0 Å². The lowest BCUT2D eigenvalue weighted by molar-refractivity contribution is 0.230. The number of amides is 2. The highest BCUT2D eigenvalue weighted by atomic mass is 16.2. The fourth-order valence-corrected chi connectivity index (χ4v) is 0.742. The van der Waals surface area contributed by atoms with Crippen LogP contribution in [0.4, 0.5) is 16.4 Å². The molecular weight excluding hydrogens is 168 g/mol. The molecule has 0 aliphatic rings. The number of hydrogen-bond acceptors (Lipinski definition) is 3. The maximum absolute atomic E-state index is 11.2. The summed E-state index contributed by atoms with van der Waals surface area (Å²) in [6, 6.07) is 4.84. The summed E-state index contributed by atoms with van der Waals surface area (Å²) in [5, 5.41) is 2.58. The number of aromatic nitrogens is 1. The Morgan fingerprint density at radius 3 is 2.77 bits per heavy atom. The number of nitrogens with zero attached hydrogens (tertiary/aromatic N) is 2. The molecule has 2 amide bonds. The first-order valence-electron chi connectivity index (χ1n) is 3.80. The van der Waals surface area contributed by atoms with Crippen LogP contribution >= 0.6 is 0 Å². The van der Waals surface area contributed by atoms with Crippen LogP contribution in [0.15, 0.2) is 18.2 Å². The van der Waals surface area contributed by atoms with E-state index in [1.165, 1.54) is 4.90 Å². The highest BCUT2D eigenvalue weighted by Crippen LogP contribution is 2.05. The van der Waals surface area contributed by atoms with Gasteiger partial charge < -0.3 is 10.6 Å². The second-order valence-corrected chi connectivity index (χ2v) is 2.77. The molecule has 5 heteroatoms. The van der Waals surface area contributed by atoms with Crippen molar-refractivity contribution in [1.29, 1.82) is 0 Å². The molecule has 1 aromatic heterocycles. The molecule has 70 valence electrons. The van der Waals surface area contributed by atoms with E-state index in [1.54, 1.807) is 32.3 Å². The van der Waals surface area contributed by atoms with Crippen LogP contribution in [0.1, 0.15) is 0 Å². The molecule has 0 bridgehead atoms. The van der Waals surface area contributed by atoms with Crippen LogP contribution < -0.4 is 11.1 Å². The molecule has 13 heavy (non-hydrogen) atoms. The Morgan fingerprint density at radius 1 is 1.54 bits per heavy atom. The van der Waals surface area contributed by atoms with Gasteiger partial charge in [0.15, 0.2) is 0 Å². The summed E-state index contributed by atoms with van der Waals surface area (Å²) in [7, 11) is 3.31. The number of nitrogen functional groups attached to an aromatic ring is 1. The number of carbonyl (C=O) groups excluding carboxylic acids is 1. The fraction of sp³-hybridized carbons (Fsp3) is 0.250. The quantitative estimate of drug-likeness (QED) is 0.670. The molecule has 1 rings (SSSR count). The maximum atomic E-state index is 11.2. The third kappa shape index (κ3) is 2.62. The van der Waals surface area contributed by atoms with E-state index in [0.717, 1.165) is 0 Å².